The molecule has 106 valence electrons. The van der Waals surface area contributed by atoms with Gasteiger partial charge in [-0.3, -0.25) is 9.89 Å². The molecule has 0 radical (unpaired) electrons. The van der Waals surface area contributed by atoms with E-state index in [1.165, 1.54) is 37.7 Å². The lowest BCUT2D eigenvalue weighted by atomic mass is 10.2. The second-order valence-corrected chi connectivity index (χ2v) is 3.69. The molecule has 0 unspecified atom stereocenters. The maximum atomic E-state index is 12.2. The Morgan fingerprint density at radius 2 is 2.20 bits per heavy atom. The number of nitrogens with zero attached hydrogens (tertiary/aromatic N) is 1. The molecule has 1 heterocycles. The van der Waals surface area contributed by atoms with Gasteiger partial charge in [-0.2, -0.15) is 13.9 Å². The SMILES string of the molecule is COc1cc(C(=O)Nc2cn[nH]c2)ccc1OC(F)F. The topological polar surface area (TPSA) is 76.2 Å². The number of benzene rings is 1. The highest BCUT2D eigenvalue weighted by Gasteiger charge is 2.14. The number of aromatic nitrogens is 2. The lowest BCUT2D eigenvalue weighted by Crippen LogP contribution is -2.12. The molecule has 1 amide bonds. The first kappa shape index (κ1) is 13.8. The Hall–Kier alpha value is -2.64. The fraction of sp³-hybridized carbons (Fsp3) is 0.167. The van der Waals surface area contributed by atoms with Gasteiger partial charge < -0.3 is 14.8 Å². The number of anilines is 1. The van der Waals surface area contributed by atoms with Crippen molar-refractivity contribution in [2.24, 2.45) is 0 Å². The third kappa shape index (κ3) is 3.22. The number of ether oxygens (including phenoxy) is 2. The number of methoxy groups -OCH3 is 1. The first-order valence-electron chi connectivity index (χ1n) is 5.53. The average Bonchev–Trinajstić information content (AvgIpc) is 2.91. The standard InChI is InChI=1S/C12H11F2N3O3/c1-19-10-4-7(2-3-9(10)20-12(13)14)11(18)17-8-5-15-16-6-8/h2-6,12H,1H3,(H,15,16)(H,17,18). The van der Waals surface area contributed by atoms with Crippen molar-refractivity contribution in [3.8, 4) is 11.5 Å². The Labute approximate surface area is 112 Å². The molecule has 0 bridgehead atoms. The Morgan fingerprint density at radius 1 is 1.40 bits per heavy atom. The maximum absolute atomic E-state index is 12.2. The Kier molecular flexibility index (Phi) is 4.14. The van der Waals surface area contributed by atoms with E-state index in [0.717, 1.165) is 0 Å². The van der Waals surface area contributed by atoms with Crippen molar-refractivity contribution in [2.45, 2.75) is 6.61 Å². The number of aromatic amines is 1. The minimum Gasteiger partial charge on any atom is -0.493 e. The fourth-order valence-corrected chi connectivity index (χ4v) is 1.52. The van der Waals surface area contributed by atoms with Gasteiger partial charge in [0.1, 0.15) is 0 Å². The number of carbonyl (C=O) groups excluding carboxylic acids is 1. The molecule has 20 heavy (non-hydrogen) atoms. The largest absolute Gasteiger partial charge is 0.493 e. The molecule has 8 heteroatoms. The van der Waals surface area contributed by atoms with Crippen LogP contribution in [-0.4, -0.2) is 29.8 Å². The molecule has 0 saturated heterocycles. The Balaban J connectivity index is 2.18. The van der Waals surface area contributed by atoms with Crippen LogP contribution in [0.1, 0.15) is 10.4 Å². The van der Waals surface area contributed by atoms with Gasteiger partial charge in [0.2, 0.25) is 0 Å². The van der Waals surface area contributed by atoms with Crippen LogP contribution in [-0.2, 0) is 0 Å². The van der Waals surface area contributed by atoms with Crippen LogP contribution in [0.3, 0.4) is 0 Å². The van der Waals surface area contributed by atoms with Gasteiger partial charge in [-0.05, 0) is 18.2 Å². The van der Waals surface area contributed by atoms with Gasteiger partial charge in [-0.1, -0.05) is 0 Å². The van der Waals surface area contributed by atoms with Crippen molar-refractivity contribution in [1.82, 2.24) is 10.2 Å². The zero-order valence-corrected chi connectivity index (χ0v) is 10.4. The smallest absolute Gasteiger partial charge is 0.387 e. The summed E-state index contributed by atoms with van der Waals surface area (Å²) >= 11 is 0. The third-order valence-corrected chi connectivity index (χ3v) is 2.40. The van der Waals surface area contributed by atoms with Gasteiger partial charge in [0.05, 0.1) is 19.0 Å². The average molecular weight is 283 g/mol. The summed E-state index contributed by atoms with van der Waals surface area (Å²) in [6.45, 7) is -2.96. The molecule has 0 aliphatic rings. The second-order valence-electron chi connectivity index (χ2n) is 3.69. The van der Waals surface area contributed by atoms with E-state index < -0.39 is 12.5 Å². The van der Waals surface area contributed by atoms with Crippen molar-refractivity contribution in [1.29, 1.82) is 0 Å². The molecule has 0 aliphatic carbocycles. The van der Waals surface area contributed by atoms with Crippen molar-refractivity contribution in [3.05, 3.63) is 36.2 Å². The molecular weight excluding hydrogens is 272 g/mol. The molecule has 6 nitrogen and oxygen atoms in total. The minimum atomic E-state index is -2.96. The molecule has 0 spiro atoms. The summed E-state index contributed by atoms with van der Waals surface area (Å²) in [5.74, 6) is -0.513. The van der Waals surface area contributed by atoms with Crippen molar-refractivity contribution in [2.75, 3.05) is 12.4 Å². The molecule has 1 aromatic heterocycles. The number of hydrogen-bond acceptors (Lipinski definition) is 4. The molecule has 2 N–H and O–H groups in total. The summed E-state index contributed by atoms with van der Waals surface area (Å²) in [4.78, 5) is 11.9. The molecule has 2 aromatic rings. The van der Waals surface area contributed by atoms with Crippen LogP contribution >= 0.6 is 0 Å². The van der Waals surface area contributed by atoms with Crippen LogP contribution in [0.15, 0.2) is 30.6 Å². The maximum Gasteiger partial charge on any atom is 0.387 e. The number of amides is 1. The van der Waals surface area contributed by atoms with Crippen LogP contribution in [0.5, 0.6) is 11.5 Å². The van der Waals surface area contributed by atoms with Gasteiger partial charge in [0.25, 0.3) is 5.91 Å². The highest BCUT2D eigenvalue weighted by Crippen LogP contribution is 2.29. The number of rotatable bonds is 5. The van der Waals surface area contributed by atoms with Crippen molar-refractivity contribution in [3.63, 3.8) is 0 Å². The normalized spacial score (nSPS) is 10.4. The summed E-state index contributed by atoms with van der Waals surface area (Å²) < 4.78 is 33.5. The summed E-state index contributed by atoms with van der Waals surface area (Å²) in [6.07, 6.45) is 2.94. The van der Waals surface area contributed by atoms with Gasteiger partial charge in [0.15, 0.2) is 11.5 Å². The first-order chi connectivity index (χ1) is 9.60. The lowest BCUT2D eigenvalue weighted by Gasteiger charge is -2.11. The summed E-state index contributed by atoms with van der Waals surface area (Å²) in [5, 5.41) is 8.80. The van der Waals surface area contributed by atoms with Crippen LogP contribution in [0.4, 0.5) is 14.5 Å². The first-order valence-corrected chi connectivity index (χ1v) is 5.53. The van der Waals surface area contributed by atoms with Crippen LogP contribution in [0, 0.1) is 0 Å². The highest BCUT2D eigenvalue weighted by atomic mass is 19.3. The van der Waals surface area contributed by atoms with Crippen LogP contribution in [0.2, 0.25) is 0 Å². The van der Waals surface area contributed by atoms with E-state index in [4.69, 9.17) is 4.74 Å². The van der Waals surface area contributed by atoms with Gasteiger partial charge in [-0.25, -0.2) is 0 Å². The highest BCUT2D eigenvalue weighted by molar-refractivity contribution is 6.04. The van der Waals surface area contributed by atoms with E-state index in [1.807, 2.05) is 0 Å². The molecule has 1 aromatic carbocycles. The predicted molar refractivity (Wildman–Crippen MR) is 66.2 cm³/mol. The van der Waals surface area contributed by atoms with E-state index in [-0.39, 0.29) is 17.1 Å². The number of alkyl halides is 2. The van der Waals surface area contributed by atoms with E-state index >= 15 is 0 Å². The quantitative estimate of drug-likeness (QED) is 0.882. The summed E-state index contributed by atoms with van der Waals surface area (Å²) in [7, 11) is 1.30. The second kappa shape index (κ2) is 6.00. The molecule has 2 rings (SSSR count). The van der Waals surface area contributed by atoms with Gasteiger partial charge >= 0.3 is 6.61 Å². The van der Waals surface area contributed by atoms with Gasteiger partial charge in [0, 0.05) is 11.8 Å². The predicted octanol–water partition coefficient (Wildman–Crippen LogP) is 2.27. The Bertz CT molecular complexity index is 588. The fourth-order valence-electron chi connectivity index (χ4n) is 1.52. The number of H-pyrrole nitrogens is 1. The van der Waals surface area contributed by atoms with Crippen molar-refractivity contribution >= 4 is 11.6 Å². The van der Waals surface area contributed by atoms with Gasteiger partial charge in [-0.15, -0.1) is 0 Å². The summed E-state index contributed by atoms with van der Waals surface area (Å²) in [5.41, 5.74) is 0.728. The molecule has 0 saturated carbocycles. The molecule has 0 atom stereocenters. The molecular formula is C12H11F2N3O3. The number of hydrogen-bond donors (Lipinski definition) is 2. The number of nitrogens with one attached hydrogen (secondary N) is 2. The lowest BCUT2D eigenvalue weighted by molar-refractivity contribution is -0.0512. The minimum absolute atomic E-state index is 0.0464. The van der Waals surface area contributed by atoms with E-state index in [9.17, 15) is 13.6 Å². The Morgan fingerprint density at radius 3 is 2.80 bits per heavy atom. The summed E-state index contributed by atoms with van der Waals surface area (Å²) in [6, 6.07) is 3.91. The van der Waals surface area contributed by atoms with Crippen LogP contribution < -0.4 is 14.8 Å². The number of halogens is 2. The zero-order valence-electron chi connectivity index (χ0n) is 10.4. The van der Waals surface area contributed by atoms with E-state index in [1.54, 1.807) is 0 Å². The van der Waals surface area contributed by atoms with E-state index in [2.05, 4.69) is 20.3 Å². The molecule has 0 fully saturated rings. The monoisotopic (exact) mass is 283 g/mol. The van der Waals surface area contributed by atoms with Crippen LogP contribution in [0.25, 0.3) is 0 Å². The molecule has 0 aliphatic heterocycles. The van der Waals surface area contributed by atoms with E-state index in [0.29, 0.717) is 5.69 Å². The zero-order chi connectivity index (χ0) is 14.5. The number of carbonyl (C=O) groups is 1. The third-order valence-electron chi connectivity index (χ3n) is 2.40. The van der Waals surface area contributed by atoms with Crippen molar-refractivity contribution < 1.29 is 23.0 Å².